The Morgan fingerprint density at radius 2 is 2.13 bits per heavy atom. The predicted molar refractivity (Wildman–Crippen MR) is 125 cm³/mol. The first kappa shape index (κ1) is 27.5. The van der Waals surface area contributed by atoms with Gasteiger partial charge in [-0.15, -0.1) is 24.0 Å². The molecule has 0 aromatic carbocycles. The molecule has 7 nitrogen and oxygen atoms in total. The number of nitrogens with zero attached hydrogens (tertiary/aromatic N) is 3. The van der Waals surface area contributed by atoms with E-state index in [4.69, 9.17) is 11.6 Å². The van der Waals surface area contributed by atoms with Gasteiger partial charge >= 0.3 is 12.1 Å². The smallest absolute Gasteiger partial charge is 0.417 e. The van der Waals surface area contributed by atoms with Crippen LogP contribution in [0.3, 0.4) is 0 Å². The Labute approximate surface area is 202 Å². The molecule has 2 rings (SSSR count). The van der Waals surface area contributed by atoms with Gasteiger partial charge in [0, 0.05) is 45.3 Å². The van der Waals surface area contributed by atoms with E-state index in [1.165, 1.54) is 7.11 Å². The zero-order chi connectivity index (χ0) is 22.1. The molecule has 1 saturated heterocycles. The number of unbranched alkanes of at least 4 members (excludes halogenated alkanes) is 2. The van der Waals surface area contributed by atoms with Crippen LogP contribution in [-0.2, 0) is 15.7 Å². The average Bonchev–Trinajstić information content (AvgIpc) is 3.16. The van der Waals surface area contributed by atoms with Crippen LogP contribution >= 0.6 is 35.6 Å². The van der Waals surface area contributed by atoms with Crippen molar-refractivity contribution in [1.29, 1.82) is 0 Å². The third-order valence-corrected chi connectivity index (χ3v) is 5.06. The molecule has 1 unspecified atom stereocenters. The molecule has 1 fully saturated rings. The maximum Gasteiger partial charge on any atom is 0.417 e. The normalized spacial score (nSPS) is 16.6. The minimum Gasteiger partial charge on any atom is -0.469 e. The molecule has 0 amide bonds. The van der Waals surface area contributed by atoms with Crippen molar-refractivity contribution < 1.29 is 22.7 Å². The highest BCUT2D eigenvalue weighted by atomic mass is 127. The van der Waals surface area contributed by atoms with Crippen molar-refractivity contribution in [3.05, 3.63) is 22.8 Å². The number of halogens is 5. The molecule has 0 aliphatic carbocycles. The minimum atomic E-state index is -4.47. The van der Waals surface area contributed by atoms with E-state index in [9.17, 15) is 18.0 Å². The molecular formula is C19H28ClF3IN5O2. The number of pyridine rings is 1. The average molecular weight is 578 g/mol. The van der Waals surface area contributed by atoms with Gasteiger partial charge in [0.2, 0.25) is 0 Å². The van der Waals surface area contributed by atoms with Gasteiger partial charge in [-0.1, -0.05) is 18.0 Å². The number of alkyl halides is 3. The second kappa shape index (κ2) is 13.1. The van der Waals surface area contributed by atoms with Gasteiger partial charge in [0.05, 0.1) is 17.7 Å². The number of nitrogens with one attached hydrogen (secondary N) is 2. The summed E-state index contributed by atoms with van der Waals surface area (Å²) in [7, 11) is 3.05. The maximum atomic E-state index is 12.8. The third kappa shape index (κ3) is 8.87. The van der Waals surface area contributed by atoms with Crippen LogP contribution in [0.5, 0.6) is 0 Å². The minimum absolute atomic E-state index is 0. The van der Waals surface area contributed by atoms with Crippen molar-refractivity contribution >= 4 is 53.3 Å². The Morgan fingerprint density at radius 3 is 2.74 bits per heavy atom. The van der Waals surface area contributed by atoms with Crippen LogP contribution in [0.4, 0.5) is 19.0 Å². The number of hydrogen-bond donors (Lipinski definition) is 2. The maximum absolute atomic E-state index is 12.8. The Morgan fingerprint density at radius 1 is 1.39 bits per heavy atom. The Kier molecular flexibility index (Phi) is 11.7. The molecule has 1 aliphatic rings. The number of carbonyl (C=O) groups excluding carboxylic acids is 1. The van der Waals surface area contributed by atoms with E-state index in [0.717, 1.165) is 37.9 Å². The molecule has 12 heteroatoms. The summed E-state index contributed by atoms with van der Waals surface area (Å²) >= 11 is 6.05. The molecule has 2 N–H and O–H groups in total. The molecule has 1 atom stereocenters. The van der Waals surface area contributed by atoms with Gasteiger partial charge in [0.15, 0.2) is 5.96 Å². The number of methoxy groups -OCH3 is 1. The standard InChI is InChI=1S/C19H27ClF3N5O2.HI/c1-24-18(25-8-5-3-4-6-16(29)30-2)27-14-7-9-28(12-14)17-15(20)10-13(11-26-17)19(21,22)23;/h10-11,14H,3-9,12H2,1-2H3,(H2,24,25,27);1H. The summed E-state index contributed by atoms with van der Waals surface area (Å²) in [6.45, 7) is 1.89. The number of guanidine groups is 1. The van der Waals surface area contributed by atoms with Crippen LogP contribution in [-0.4, -0.2) is 56.7 Å². The molecule has 1 aromatic heterocycles. The Balaban J connectivity index is 0.00000480. The van der Waals surface area contributed by atoms with Crippen LogP contribution in [0.25, 0.3) is 0 Å². The van der Waals surface area contributed by atoms with E-state index >= 15 is 0 Å². The second-order valence-corrected chi connectivity index (χ2v) is 7.40. The summed E-state index contributed by atoms with van der Waals surface area (Å²) < 4.78 is 42.9. The molecule has 31 heavy (non-hydrogen) atoms. The summed E-state index contributed by atoms with van der Waals surface area (Å²) in [5, 5.41) is 6.52. The van der Waals surface area contributed by atoms with Gasteiger partial charge < -0.3 is 20.3 Å². The summed E-state index contributed by atoms with van der Waals surface area (Å²) in [5.74, 6) is 0.803. The van der Waals surface area contributed by atoms with E-state index in [0.29, 0.717) is 37.8 Å². The fourth-order valence-electron chi connectivity index (χ4n) is 3.16. The van der Waals surface area contributed by atoms with Crippen molar-refractivity contribution in [2.24, 2.45) is 4.99 Å². The van der Waals surface area contributed by atoms with Gasteiger partial charge in [0.1, 0.15) is 5.82 Å². The number of aromatic nitrogens is 1. The zero-order valence-electron chi connectivity index (χ0n) is 17.5. The van der Waals surface area contributed by atoms with Crippen molar-refractivity contribution in [2.75, 3.05) is 38.7 Å². The largest absolute Gasteiger partial charge is 0.469 e. The van der Waals surface area contributed by atoms with E-state index in [1.54, 1.807) is 7.05 Å². The third-order valence-electron chi connectivity index (χ3n) is 4.78. The number of aliphatic imine (C=N–C) groups is 1. The fraction of sp³-hybridized carbons (Fsp3) is 0.632. The van der Waals surface area contributed by atoms with Crippen LogP contribution in [0.1, 0.15) is 37.7 Å². The molecule has 0 spiro atoms. The molecule has 1 aromatic rings. The van der Waals surface area contributed by atoms with E-state index in [2.05, 4.69) is 25.3 Å². The van der Waals surface area contributed by atoms with Crippen LogP contribution in [0.2, 0.25) is 5.02 Å². The Hall–Kier alpha value is -1.50. The summed E-state index contributed by atoms with van der Waals surface area (Å²) in [6, 6.07) is 0.974. The fourth-order valence-corrected chi connectivity index (χ4v) is 3.44. The van der Waals surface area contributed by atoms with E-state index in [-0.39, 0.29) is 41.0 Å². The van der Waals surface area contributed by atoms with E-state index < -0.39 is 11.7 Å². The molecule has 176 valence electrons. The second-order valence-electron chi connectivity index (χ2n) is 6.99. The zero-order valence-corrected chi connectivity index (χ0v) is 20.6. The van der Waals surface area contributed by atoms with Gasteiger partial charge in [-0.05, 0) is 25.3 Å². The highest BCUT2D eigenvalue weighted by Crippen LogP contribution is 2.34. The SMILES string of the molecule is CN=C(NCCCCCC(=O)OC)NC1CCN(c2ncc(C(F)(F)F)cc2Cl)C1.I. The molecule has 0 bridgehead atoms. The lowest BCUT2D eigenvalue weighted by atomic mass is 10.2. The lowest BCUT2D eigenvalue weighted by Crippen LogP contribution is -2.44. The first-order valence-electron chi connectivity index (χ1n) is 9.76. The van der Waals surface area contributed by atoms with E-state index in [1.807, 2.05) is 4.90 Å². The quantitative estimate of drug-likeness (QED) is 0.161. The van der Waals surface area contributed by atoms with Crippen molar-refractivity contribution in [3.8, 4) is 0 Å². The Bertz CT molecular complexity index is 752. The first-order chi connectivity index (χ1) is 14.2. The van der Waals surface area contributed by atoms with Gasteiger partial charge in [-0.3, -0.25) is 9.79 Å². The number of hydrogen-bond acceptors (Lipinski definition) is 5. The monoisotopic (exact) mass is 577 g/mol. The molecule has 0 saturated carbocycles. The lowest BCUT2D eigenvalue weighted by molar-refractivity contribution is -0.140. The van der Waals surface area contributed by atoms with Crippen LogP contribution < -0.4 is 15.5 Å². The number of esters is 1. The van der Waals surface area contributed by atoms with Crippen molar-refractivity contribution in [1.82, 2.24) is 15.6 Å². The highest BCUT2D eigenvalue weighted by Gasteiger charge is 2.33. The lowest BCUT2D eigenvalue weighted by Gasteiger charge is -2.21. The van der Waals surface area contributed by atoms with Crippen LogP contribution in [0, 0.1) is 0 Å². The van der Waals surface area contributed by atoms with Crippen molar-refractivity contribution in [3.63, 3.8) is 0 Å². The topological polar surface area (TPSA) is 78.8 Å². The van der Waals surface area contributed by atoms with Gasteiger partial charge in [-0.2, -0.15) is 13.2 Å². The number of carbonyl (C=O) groups is 1. The number of anilines is 1. The molecule has 1 aliphatic heterocycles. The van der Waals surface area contributed by atoms with Gasteiger partial charge in [-0.25, -0.2) is 4.98 Å². The van der Waals surface area contributed by atoms with Crippen LogP contribution in [0.15, 0.2) is 17.3 Å². The number of ether oxygens (including phenoxy) is 1. The summed E-state index contributed by atoms with van der Waals surface area (Å²) in [6.07, 6.45) is 0.0952. The van der Waals surface area contributed by atoms with Gasteiger partial charge in [0.25, 0.3) is 0 Å². The first-order valence-corrected chi connectivity index (χ1v) is 10.1. The molecular weight excluding hydrogens is 550 g/mol. The summed E-state index contributed by atoms with van der Waals surface area (Å²) in [4.78, 5) is 21.1. The molecule has 2 heterocycles. The highest BCUT2D eigenvalue weighted by molar-refractivity contribution is 14.0. The summed E-state index contributed by atoms with van der Waals surface area (Å²) in [5.41, 5.74) is -0.860. The number of rotatable bonds is 8. The molecule has 0 radical (unpaired) electrons. The predicted octanol–water partition coefficient (Wildman–Crippen LogP) is 3.85. The van der Waals surface area contributed by atoms with Crippen molar-refractivity contribution in [2.45, 2.75) is 44.3 Å².